The van der Waals surface area contributed by atoms with Crippen LogP contribution in [0.25, 0.3) is 5.69 Å². The molecule has 2 aromatic carbocycles. The maximum atomic E-state index is 12.2. The van der Waals surface area contributed by atoms with Crippen LogP contribution in [-0.4, -0.2) is 33.8 Å². The predicted octanol–water partition coefficient (Wildman–Crippen LogP) is 3.33. The van der Waals surface area contributed by atoms with Crippen LogP contribution in [0.2, 0.25) is 0 Å². The molecular weight excluding hydrogens is 350 g/mol. The van der Waals surface area contributed by atoms with Gasteiger partial charge in [-0.3, -0.25) is 9.88 Å². The summed E-state index contributed by atoms with van der Waals surface area (Å²) in [5.41, 5.74) is 1.13. The third-order valence-electron chi connectivity index (χ3n) is 3.75. The highest BCUT2D eigenvalue weighted by Gasteiger charge is 2.21. The molecule has 0 saturated heterocycles. The fraction of sp³-hybridized carbons (Fsp3) is 0.105. The number of anilines is 1. The molecule has 1 aromatic heterocycles. The molecule has 0 spiro atoms. The van der Waals surface area contributed by atoms with Crippen molar-refractivity contribution in [2.45, 2.75) is 6.61 Å². The molecule has 0 unspecified atom stereocenters. The van der Waals surface area contributed by atoms with Crippen LogP contribution in [0, 0.1) is 0 Å². The molecule has 0 saturated carbocycles. The first-order valence-electron chi connectivity index (χ1n) is 8.01. The van der Waals surface area contributed by atoms with Gasteiger partial charge in [0.1, 0.15) is 18.7 Å². The number of carboxylic acids is 1. The van der Waals surface area contributed by atoms with E-state index in [2.05, 4.69) is 10.3 Å². The molecule has 2 N–H and O–H groups in total. The molecule has 1 amide bonds. The van der Waals surface area contributed by atoms with E-state index in [1.807, 2.05) is 30.3 Å². The van der Waals surface area contributed by atoms with E-state index in [4.69, 9.17) is 9.47 Å². The van der Waals surface area contributed by atoms with Crippen molar-refractivity contribution < 1.29 is 24.2 Å². The molecule has 0 fully saturated rings. The largest absolute Gasteiger partial charge is 0.497 e. The summed E-state index contributed by atoms with van der Waals surface area (Å²) in [5, 5.41) is 11.8. The molecule has 3 rings (SSSR count). The molecule has 8 heteroatoms. The number of nitrogens with zero attached hydrogens (tertiary/aromatic N) is 2. The van der Waals surface area contributed by atoms with E-state index in [1.165, 1.54) is 10.9 Å². The lowest BCUT2D eigenvalue weighted by molar-refractivity contribution is 0.0692. The van der Waals surface area contributed by atoms with Crippen LogP contribution in [0.1, 0.15) is 16.1 Å². The van der Waals surface area contributed by atoms with E-state index in [-0.39, 0.29) is 18.1 Å². The van der Waals surface area contributed by atoms with Gasteiger partial charge in [0.15, 0.2) is 11.5 Å². The Kier molecular flexibility index (Phi) is 5.36. The fourth-order valence-corrected chi connectivity index (χ4v) is 2.42. The highest BCUT2D eigenvalue weighted by atomic mass is 16.5. The smallest absolute Gasteiger partial charge is 0.413 e. The van der Waals surface area contributed by atoms with Gasteiger partial charge in [0.2, 0.25) is 0 Å². The van der Waals surface area contributed by atoms with Crippen LogP contribution in [0.4, 0.5) is 10.6 Å². The number of hydrogen-bond acceptors (Lipinski definition) is 5. The number of aromatic carboxylic acids is 1. The molecule has 8 nitrogen and oxygen atoms in total. The zero-order valence-electron chi connectivity index (χ0n) is 14.5. The first-order valence-corrected chi connectivity index (χ1v) is 8.01. The molecule has 138 valence electrons. The summed E-state index contributed by atoms with van der Waals surface area (Å²) in [4.78, 5) is 27.5. The Morgan fingerprint density at radius 1 is 1.11 bits per heavy atom. The maximum Gasteiger partial charge on any atom is 0.413 e. The van der Waals surface area contributed by atoms with Crippen LogP contribution < -0.4 is 10.1 Å². The first-order chi connectivity index (χ1) is 13.1. The molecule has 0 bridgehead atoms. The SMILES string of the molecule is COc1ccc(-n2cnc(C(=O)O)c2NC(=O)OCc2ccccc2)cc1. The number of aromatic nitrogens is 2. The summed E-state index contributed by atoms with van der Waals surface area (Å²) < 4.78 is 11.7. The van der Waals surface area contributed by atoms with Crippen LogP contribution in [0.5, 0.6) is 5.75 Å². The zero-order valence-corrected chi connectivity index (χ0v) is 14.5. The number of carbonyl (C=O) groups is 2. The van der Waals surface area contributed by atoms with Crippen molar-refractivity contribution in [3.05, 3.63) is 72.2 Å². The second-order valence-electron chi connectivity index (χ2n) is 5.50. The Morgan fingerprint density at radius 3 is 2.44 bits per heavy atom. The number of rotatable bonds is 6. The summed E-state index contributed by atoms with van der Waals surface area (Å²) in [6.07, 6.45) is 0.537. The van der Waals surface area contributed by atoms with Gasteiger partial charge in [-0.05, 0) is 29.8 Å². The summed E-state index contributed by atoms with van der Waals surface area (Å²) in [6.45, 7) is 0.0613. The molecule has 0 radical (unpaired) electrons. The molecule has 27 heavy (non-hydrogen) atoms. The number of benzene rings is 2. The normalized spacial score (nSPS) is 10.3. The van der Waals surface area contributed by atoms with Crippen LogP contribution >= 0.6 is 0 Å². The number of nitrogens with one attached hydrogen (secondary N) is 1. The standard InChI is InChI=1S/C19H17N3O5/c1-26-15-9-7-14(8-10-15)22-12-20-16(18(23)24)17(22)21-19(25)27-11-13-5-3-2-4-6-13/h2-10,12H,11H2,1H3,(H,21,25)(H,23,24). The summed E-state index contributed by atoms with van der Waals surface area (Å²) in [7, 11) is 1.55. The second-order valence-corrected chi connectivity index (χ2v) is 5.50. The second kappa shape index (κ2) is 8.05. The van der Waals surface area contributed by atoms with E-state index >= 15 is 0 Å². The summed E-state index contributed by atoms with van der Waals surface area (Å²) >= 11 is 0. The van der Waals surface area contributed by atoms with Gasteiger partial charge >= 0.3 is 12.1 Å². The van der Waals surface area contributed by atoms with Gasteiger partial charge in [-0.1, -0.05) is 30.3 Å². The maximum absolute atomic E-state index is 12.2. The van der Waals surface area contributed by atoms with Gasteiger partial charge in [-0.2, -0.15) is 0 Å². The Hall–Kier alpha value is -3.81. The van der Waals surface area contributed by atoms with Gasteiger partial charge in [0, 0.05) is 5.69 Å². The van der Waals surface area contributed by atoms with Crippen LogP contribution in [0.3, 0.4) is 0 Å². The third-order valence-corrected chi connectivity index (χ3v) is 3.75. The number of imidazole rings is 1. The highest BCUT2D eigenvalue weighted by Crippen LogP contribution is 2.22. The average molecular weight is 367 g/mol. The molecule has 0 aliphatic carbocycles. The van der Waals surface area contributed by atoms with Crippen molar-refractivity contribution in [3.8, 4) is 11.4 Å². The van der Waals surface area contributed by atoms with E-state index in [1.54, 1.807) is 31.4 Å². The lowest BCUT2D eigenvalue weighted by Gasteiger charge is -2.11. The van der Waals surface area contributed by atoms with Crippen molar-refractivity contribution in [1.82, 2.24) is 9.55 Å². The van der Waals surface area contributed by atoms with E-state index in [0.29, 0.717) is 11.4 Å². The van der Waals surface area contributed by atoms with Crippen LogP contribution in [-0.2, 0) is 11.3 Å². The van der Waals surface area contributed by atoms with E-state index in [9.17, 15) is 14.7 Å². The Bertz CT molecular complexity index is 936. The van der Waals surface area contributed by atoms with E-state index in [0.717, 1.165) is 5.56 Å². The van der Waals surface area contributed by atoms with Crippen molar-refractivity contribution in [1.29, 1.82) is 0 Å². The van der Waals surface area contributed by atoms with Crippen molar-refractivity contribution in [3.63, 3.8) is 0 Å². The first kappa shape index (κ1) is 18.0. The number of carbonyl (C=O) groups excluding carboxylic acids is 1. The van der Waals surface area contributed by atoms with Crippen molar-refractivity contribution >= 4 is 17.9 Å². The molecule has 1 heterocycles. The predicted molar refractivity (Wildman–Crippen MR) is 97.3 cm³/mol. The van der Waals surface area contributed by atoms with Gasteiger partial charge in [0.05, 0.1) is 7.11 Å². The number of methoxy groups -OCH3 is 1. The van der Waals surface area contributed by atoms with Gasteiger partial charge in [-0.25, -0.2) is 14.6 Å². The van der Waals surface area contributed by atoms with Crippen molar-refractivity contribution in [2.75, 3.05) is 12.4 Å². The summed E-state index contributed by atoms with van der Waals surface area (Å²) in [6, 6.07) is 16.0. The summed E-state index contributed by atoms with van der Waals surface area (Å²) in [5.74, 6) is -0.611. The highest BCUT2D eigenvalue weighted by molar-refractivity contribution is 5.96. The lowest BCUT2D eigenvalue weighted by Crippen LogP contribution is -2.18. The monoisotopic (exact) mass is 367 g/mol. The van der Waals surface area contributed by atoms with Crippen molar-refractivity contribution in [2.24, 2.45) is 0 Å². The zero-order chi connectivity index (χ0) is 19.2. The number of amides is 1. The fourth-order valence-electron chi connectivity index (χ4n) is 2.42. The average Bonchev–Trinajstić information content (AvgIpc) is 3.11. The van der Waals surface area contributed by atoms with E-state index < -0.39 is 12.1 Å². The quantitative estimate of drug-likeness (QED) is 0.693. The van der Waals surface area contributed by atoms with Crippen LogP contribution in [0.15, 0.2) is 60.9 Å². The number of carboxylic acid groups (broad SMARTS) is 1. The van der Waals surface area contributed by atoms with Gasteiger partial charge in [0.25, 0.3) is 0 Å². The molecule has 0 aliphatic heterocycles. The van der Waals surface area contributed by atoms with Gasteiger partial charge in [-0.15, -0.1) is 0 Å². The number of ether oxygens (including phenoxy) is 2. The minimum absolute atomic E-state index is 0.00530. The number of hydrogen-bond donors (Lipinski definition) is 2. The Labute approximate surface area is 155 Å². The minimum Gasteiger partial charge on any atom is -0.497 e. The Morgan fingerprint density at radius 2 is 1.81 bits per heavy atom. The van der Waals surface area contributed by atoms with Gasteiger partial charge < -0.3 is 14.6 Å². The third kappa shape index (κ3) is 4.24. The molecular formula is C19H17N3O5. The Balaban J connectivity index is 1.81. The topological polar surface area (TPSA) is 103 Å². The lowest BCUT2D eigenvalue weighted by atomic mass is 10.2. The minimum atomic E-state index is -1.26. The molecule has 3 aromatic rings. The molecule has 0 aliphatic rings. The molecule has 0 atom stereocenters.